The highest BCUT2D eigenvalue weighted by atomic mass is 35.5. The molecular formula is C30H23ClN2O3. The van der Waals surface area contributed by atoms with Crippen LogP contribution in [0.15, 0.2) is 109 Å². The first-order chi connectivity index (χ1) is 17.7. The molecule has 0 aliphatic rings. The van der Waals surface area contributed by atoms with Crippen LogP contribution >= 0.6 is 11.6 Å². The van der Waals surface area contributed by atoms with Gasteiger partial charge in [-0.05, 0) is 48.5 Å². The number of imidazole rings is 1. The minimum Gasteiger partial charge on any atom is -0.492 e. The normalized spacial score (nSPS) is 11.4. The Morgan fingerprint density at radius 2 is 1.44 bits per heavy atom. The number of esters is 1. The van der Waals surface area contributed by atoms with E-state index < -0.39 is 5.97 Å². The van der Waals surface area contributed by atoms with Gasteiger partial charge in [-0.3, -0.25) is 0 Å². The molecule has 0 N–H and O–H groups in total. The number of hydrogen-bond acceptors (Lipinski definition) is 4. The molecule has 0 fully saturated rings. The number of benzene rings is 4. The number of carbonyl (C=O) groups excluding carboxylic acids is 1. The second-order valence-electron chi connectivity index (χ2n) is 8.04. The van der Waals surface area contributed by atoms with Crippen LogP contribution in [0.3, 0.4) is 0 Å². The van der Waals surface area contributed by atoms with Gasteiger partial charge in [0.05, 0.1) is 23.1 Å². The summed E-state index contributed by atoms with van der Waals surface area (Å²) in [7, 11) is 0. The summed E-state index contributed by atoms with van der Waals surface area (Å²) >= 11 is 5.98. The van der Waals surface area contributed by atoms with Crippen LogP contribution in [0.4, 0.5) is 0 Å². The van der Waals surface area contributed by atoms with Gasteiger partial charge in [0, 0.05) is 16.7 Å². The van der Waals surface area contributed by atoms with Gasteiger partial charge in [-0.2, -0.15) is 0 Å². The predicted molar refractivity (Wildman–Crippen MR) is 143 cm³/mol. The molecule has 0 aliphatic heterocycles. The molecule has 1 heterocycles. The summed E-state index contributed by atoms with van der Waals surface area (Å²) < 4.78 is 13.9. The first-order valence-corrected chi connectivity index (χ1v) is 11.9. The van der Waals surface area contributed by atoms with Crippen LogP contribution in [0.25, 0.3) is 22.9 Å². The van der Waals surface area contributed by atoms with Crippen molar-refractivity contribution >= 4 is 40.4 Å². The van der Waals surface area contributed by atoms with Gasteiger partial charge in [-0.15, -0.1) is 0 Å². The molecule has 5 rings (SSSR count). The van der Waals surface area contributed by atoms with Crippen molar-refractivity contribution in [2.45, 2.75) is 6.54 Å². The fraction of sp³-hybridized carbons (Fsp3) is 0.0667. The van der Waals surface area contributed by atoms with E-state index >= 15 is 0 Å². The molecule has 0 radical (unpaired) electrons. The van der Waals surface area contributed by atoms with Crippen molar-refractivity contribution in [2.24, 2.45) is 0 Å². The van der Waals surface area contributed by atoms with Gasteiger partial charge in [0.25, 0.3) is 0 Å². The molecule has 0 atom stereocenters. The topological polar surface area (TPSA) is 53.3 Å². The summed E-state index contributed by atoms with van der Waals surface area (Å²) in [5, 5.41) is 0.661. The molecule has 5 aromatic rings. The van der Waals surface area contributed by atoms with E-state index in [0.29, 0.717) is 35.3 Å². The lowest BCUT2D eigenvalue weighted by Crippen LogP contribution is -2.10. The first kappa shape index (κ1) is 23.4. The maximum absolute atomic E-state index is 12.9. The standard InChI is InChI=1S/C30H23ClN2O3/c31-24-15-17-25(18-16-24)35-20-19-33-27-14-8-7-13-26(27)32-29(33)21-28(22-9-3-1-4-10-22)36-30(34)23-11-5-2-6-12-23/h1-18,21H,19-20H2/b28-21+. The van der Waals surface area contributed by atoms with Crippen molar-refractivity contribution < 1.29 is 14.3 Å². The van der Waals surface area contributed by atoms with Crippen LogP contribution < -0.4 is 4.74 Å². The number of nitrogens with zero attached hydrogens (tertiary/aromatic N) is 2. The van der Waals surface area contributed by atoms with Crippen LogP contribution in [0.1, 0.15) is 21.7 Å². The second-order valence-corrected chi connectivity index (χ2v) is 8.48. The third-order valence-corrected chi connectivity index (χ3v) is 5.86. The molecule has 0 saturated heterocycles. The molecule has 36 heavy (non-hydrogen) atoms. The Morgan fingerprint density at radius 3 is 2.17 bits per heavy atom. The zero-order chi connectivity index (χ0) is 24.7. The Bertz CT molecular complexity index is 1490. The fourth-order valence-electron chi connectivity index (χ4n) is 3.85. The summed E-state index contributed by atoms with van der Waals surface area (Å²) in [6.07, 6.45) is 1.80. The highest BCUT2D eigenvalue weighted by molar-refractivity contribution is 6.30. The molecular weight excluding hydrogens is 472 g/mol. The molecule has 0 amide bonds. The summed E-state index contributed by atoms with van der Waals surface area (Å²) in [6, 6.07) is 33.6. The number of para-hydroxylation sites is 2. The van der Waals surface area contributed by atoms with E-state index in [4.69, 9.17) is 26.1 Å². The van der Waals surface area contributed by atoms with Gasteiger partial charge in [-0.1, -0.05) is 72.3 Å². The molecule has 0 bridgehead atoms. The summed E-state index contributed by atoms with van der Waals surface area (Å²) in [5.41, 5.74) is 3.06. The van der Waals surface area contributed by atoms with Crippen molar-refractivity contribution in [3.05, 3.63) is 131 Å². The maximum Gasteiger partial charge on any atom is 0.343 e. The van der Waals surface area contributed by atoms with Gasteiger partial charge in [-0.25, -0.2) is 9.78 Å². The van der Waals surface area contributed by atoms with Gasteiger partial charge in [0.2, 0.25) is 0 Å². The largest absolute Gasteiger partial charge is 0.492 e. The summed E-state index contributed by atoms with van der Waals surface area (Å²) in [5.74, 6) is 1.39. The number of rotatable bonds is 8. The molecule has 1 aromatic heterocycles. The maximum atomic E-state index is 12.9. The quantitative estimate of drug-likeness (QED) is 0.170. The SMILES string of the molecule is O=C(O/C(=C/c1nc2ccccc2n1CCOc1ccc(Cl)cc1)c1ccccc1)c1ccccc1. The first-order valence-electron chi connectivity index (χ1n) is 11.6. The van der Waals surface area contributed by atoms with Crippen LogP contribution in [0.5, 0.6) is 5.75 Å². The van der Waals surface area contributed by atoms with E-state index in [1.54, 1.807) is 30.3 Å². The molecule has 5 nitrogen and oxygen atoms in total. The van der Waals surface area contributed by atoms with Crippen molar-refractivity contribution in [1.82, 2.24) is 9.55 Å². The van der Waals surface area contributed by atoms with Gasteiger partial charge in [0.15, 0.2) is 0 Å². The zero-order valence-electron chi connectivity index (χ0n) is 19.4. The number of halogens is 1. The number of carbonyl (C=O) groups is 1. The third-order valence-electron chi connectivity index (χ3n) is 5.61. The van der Waals surface area contributed by atoms with Crippen molar-refractivity contribution in [1.29, 1.82) is 0 Å². The molecule has 0 spiro atoms. The number of ether oxygens (including phenoxy) is 2. The van der Waals surface area contributed by atoms with E-state index in [9.17, 15) is 4.79 Å². The fourth-order valence-corrected chi connectivity index (χ4v) is 3.98. The van der Waals surface area contributed by atoms with Crippen molar-refractivity contribution in [3.8, 4) is 5.75 Å². The van der Waals surface area contributed by atoms with E-state index in [2.05, 4.69) is 4.57 Å². The Morgan fingerprint density at radius 1 is 0.806 bits per heavy atom. The van der Waals surface area contributed by atoms with Crippen LogP contribution in [-0.2, 0) is 11.3 Å². The number of hydrogen-bond donors (Lipinski definition) is 0. The van der Waals surface area contributed by atoms with E-state index in [0.717, 1.165) is 22.3 Å². The van der Waals surface area contributed by atoms with E-state index in [-0.39, 0.29) is 0 Å². The Balaban J connectivity index is 1.48. The average molecular weight is 495 g/mol. The lowest BCUT2D eigenvalue weighted by atomic mass is 10.1. The minimum atomic E-state index is -0.431. The van der Waals surface area contributed by atoms with Crippen molar-refractivity contribution in [3.63, 3.8) is 0 Å². The minimum absolute atomic E-state index is 0.416. The zero-order valence-corrected chi connectivity index (χ0v) is 20.1. The molecule has 4 aromatic carbocycles. The molecule has 0 aliphatic carbocycles. The average Bonchev–Trinajstić information content (AvgIpc) is 3.27. The van der Waals surface area contributed by atoms with Gasteiger partial charge < -0.3 is 14.0 Å². The number of aromatic nitrogens is 2. The van der Waals surface area contributed by atoms with Crippen LogP contribution in [0.2, 0.25) is 5.02 Å². The monoisotopic (exact) mass is 494 g/mol. The Kier molecular flexibility index (Phi) is 7.10. The highest BCUT2D eigenvalue weighted by Crippen LogP contribution is 2.24. The van der Waals surface area contributed by atoms with Crippen LogP contribution in [0, 0.1) is 0 Å². The Hall–Kier alpha value is -4.35. The van der Waals surface area contributed by atoms with Crippen LogP contribution in [-0.4, -0.2) is 22.1 Å². The molecule has 6 heteroatoms. The lowest BCUT2D eigenvalue weighted by Gasteiger charge is -2.12. The lowest BCUT2D eigenvalue weighted by molar-refractivity contribution is 0.0693. The molecule has 178 valence electrons. The molecule has 0 unspecified atom stereocenters. The molecule has 0 saturated carbocycles. The van der Waals surface area contributed by atoms with Gasteiger partial charge in [0.1, 0.15) is 23.9 Å². The third kappa shape index (κ3) is 5.48. The van der Waals surface area contributed by atoms with Crippen molar-refractivity contribution in [2.75, 3.05) is 6.61 Å². The summed E-state index contributed by atoms with van der Waals surface area (Å²) in [6.45, 7) is 0.969. The Labute approximate surface area is 214 Å². The summed E-state index contributed by atoms with van der Waals surface area (Å²) in [4.78, 5) is 17.7. The second kappa shape index (κ2) is 10.9. The predicted octanol–water partition coefficient (Wildman–Crippen LogP) is 7.12. The van der Waals surface area contributed by atoms with E-state index in [1.165, 1.54) is 0 Å². The smallest absolute Gasteiger partial charge is 0.343 e. The van der Waals surface area contributed by atoms with E-state index in [1.807, 2.05) is 84.9 Å². The highest BCUT2D eigenvalue weighted by Gasteiger charge is 2.15. The number of fused-ring (bicyclic) bond motifs is 1. The van der Waals surface area contributed by atoms with Gasteiger partial charge >= 0.3 is 5.97 Å².